The van der Waals surface area contributed by atoms with E-state index < -0.39 is 24.4 Å². The van der Waals surface area contributed by atoms with Gasteiger partial charge >= 0.3 is 5.97 Å². The third-order valence-electron chi connectivity index (χ3n) is 4.50. The molecule has 32 heavy (non-hydrogen) atoms. The van der Waals surface area contributed by atoms with Gasteiger partial charge in [-0.25, -0.2) is 4.79 Å². The molecule has 1 heterocycles. The maximum Gasteiger partial charge on any atom is 0.338 e. The highest BCUT2D eigenvalue weighted by molar-refractivity contribution is 6.31. The van der Waals surface area contributed by atoms with E-state index in [1.807, 2.05) is 18.2 Å². The van der Waals surface area contributed by atoms with Crippen LogP contribution in [0, 0.1) is 0 Å². The summed E-state index contributed by atoms with van der Waals surface area (Å²) in [6, 6.07) is 15.0. The molecular formula is C23H21ClN2O6. The van der Waals surface area contributed by atoms with Crippen LogP contribution in [0.2, 0.25) is 5.02 Å². The molecule has 0 unspecified atom stereocenters. The zero-order valence-corrected chi connectivity index (χ0v) is 18.2. The van der Waals surface area contributed by atoms with E-state index in [0.717, 1.165) is 5.56 Å². The van der Waals surface area contributed by atoms with Gasteiger partial charge in [0.05, 0.1) is 12.7 Å². The summed E-state index contributed by atoms with van der Waals surface area (Å²) in [6.45, 7) is -0.392. The molecule has 0 atom stereocenters. The van der Waals surface area contributed by atoms with Crippen molar-refractivity contribution in [1.82, 2.24) is 9.88 Å². The monoisotopic (exact) mass is 456 g/mol. The lowest BCUT2D eigenvalue weighted by molar-refractivity contribution is -0.123. The van der Waals surface area contributed by atoms with Crippen LogP contribution in [-0.2, 0) is 23.2 Å². The van der Waals surface area contributed by atoms with Crippen LogP contribution >= 0.6 is 11.6 Å². The van der Waals surface area contributed by atoms with Gasteiger partial charge in [-0.15, -0.1) is 0 Å². The van der Waals surface area contributed by atoms with E-state index in [4.69, 9.17) is 25.8 Å². The molecule has 2 aromatic carbocycles. The molecule has 0 saturated heterocycles. The van der Waals surface area contributed by atoms with Crippen LogP contribution in [0.5, 0.6) is 11.5 Å². The lowest BCUT2D eigenvalue weighted by atomic mass is 10.2. The van der Waals surface area contributed by atoms with Gasteiger partial charge in [-0.2, -0.15) is 0 Å². The van der Waals surface area contributed by atoms with Crippen molar-refractivity contribution in [2.75, 3.05) is 13.7 Å². The third kappa shape index (κ3) is 5.67. The fourth-order valence-electron chi connectivity index (χ4n) is 2.82. The molecule has 3 aromatic rings. The number of imide groups is 1. The number of amides is 2. The summed E-state index contributed by atoms with van der Waals surface area (Å²) in [5.41, 5.74) is 1.27. The first-order valence-corrected chi connectivity index (χ1v) is 9.93. The Morgan fingerprint density at radius 2 is 1.81 bits per heavy atom. The molecule has 0 fully saturated rings. The summed E-state index contributed by atoms with van der Waals surface area (Å²) in [4.78, 5) is 36.3. The molecule has 0 spiro atoms. The predicted octanol–water partition coefficient (Wildman–Crippen LogP) is 3.38. The van der Waals surface area contributed by atoms with E-state index in [1.165, 1.54) is 19.2 Å². The maximum absolute atomic E-state index is 12.3. The molecule has 2 amide bonds. The Balaban J connectivity index is 1.57. The number of nitrogens with zero attached hydrogens (tertiary/aromatic N) is 1. The van der Waals surface area contributed by atoms with Crippen LogP contribution in [0.25, 0.3) is 0 Å². The number of nitrogens with one attached hydrogen (secondary N) is 1. The maximum atomic E-state index is 12.3. The van der Waals surface area contributed by atoms with Gasteiger partial charge in [0.2, 0.25) is 0 Å². The van der Waals surface area contributed by atoms with Crippen molar-refractivity contribution in [2.45, 2.75) is 6.61 Å². The Kier molecular flexibility index (Phi) is 7.51. The van der Waals surface area contributed by atoms with E-state index >= 15 is 0 Å². The summed E-state index contributed by atoms with van der Waals surface area (Å²) in [6.07, 6.45) is 1.68. The van der Waals surface area contributed by atoms with Crippen molar-refractivity contribution in [3.05, 3.63) is 82.6 Å². The molecule has 3 rings (SSSR count). The number of methoxy groups -OCH3 is 1. The van der Waals surface area contributed by atoms with Gasteiger partial charge in [0.25, 0.3) is 11.8 Å². The quantitative estimate of drug-likeness (QED) is 0.522. The number of carbonyl (C=O) groups is 3. The highest BCUT2D eigenvalue weighted by Crippen LogP contribution is 2.30. The summed E-state index contributed by atoms with van der Waals surface area (Å²) in [5, 5.41) is 2.75. The molecule has 0 aliphatic carbocycles. The molecule has 0 radical (unpaired) electrons. The minimum absolute atomic E-state index is 0.161. The molecule has 8 nitrogen and oxygen atoms in total. The Labute approximate surface area is 189 Å². The summed E-state index contributed by atoms with van der Waals surface area (Å²) in [5.74, 6) is -1.34. The summed E-state index contributed by atoms with van der Waals surface area (Å²) in [7, 11) is 3.12. The van der Waals surface area contributed by atoms with E-state index in [9.17, 15) is 14.4 Å². The number of aryl methyl sites for hydroxylation is 1. The normalized spacial score (nSPS) is 10.3. The Morgan fingerprint density at radius 1 is 1.03 bits per heavy atom. The summed E-state index contributed by atoms with van der Waals surface area (Å²) >= 11 is 6.13. The molecule has 1 aromatic heterocycles. The van der Waals surface area contributed by atoms with E-state index in [0.29, 0.717) is 22.2 Å². The Bertz CT molecular complexity index is 1140. The average molecular weight is 457 g/mol. The predicted molar refractivity (Wildman–Crippen MR) is 117 cm³/mol. The van der Waals surface area contributed by atoms with Crippen molar-refractivity contribution in [2.24, 2.45) is 7.05 Å². The third-order valence-corrected chi connectivity index (χ3v) is 4.87. The zero-order chi connectivity index (χ0) is 23.1. The van der Waals surface area contributed by atoms with Crippen molar-refractivity contribution < 1.29 is 28.6 Å². The molecule has 9 heteroatoms. The minimum atomic E-state index is -0.748. The molecule has 0 bridgehead atoms. The van der Waals surface area contributed by atoms with Crippen LogP contribution in [0.4, 0.5) is 0 Å². The molecule has 0 aliphatic heterocycles. The molecular weight excluding hydrogens is 436 g/mol. The van der Waals surface area contributed by atoms with Gasteiger partial charge in [0, 0.05) is 23.8 Å². The highest BCUT2D eigenvalue weighted by Gasteiger charge is 2.17. The van der Waals surface area contributed by atoms with E-state index in [1.54, 1.807) is 42.1 Å². The smallest absolute Gasteiger partial charge is 0.338 e. The standard InChI is InChI=1S/C23H21ClN2O6/c1-26-11-5-8-18(26)22(28)25-21(27)14-32-23(29)15-9-10-19(20(12-15)30-2)31-13-16-6-3-4-7-17(16)24/h3-12H,13-14H2,1-2H3,(H,25,27,28). The number of benzene rings is 2. The van der Waals surface area contributed by atoms with E-state index in [2.05, 4.69) is 5.32 Å². The Hall–Kier alpha value is -3.78. The number of aromatic nitrogens is 1. The second kappa shape index (κ2) is 10.5. The van der Waals surface area contributed by atoms with E-state index in [-0.39, 0.29) is 12.2 Å². The molecule has 1 N–H and O–H groups in total. The first-order valence-electron chi connectivity index (χ1n) is 9.56. The summed E-state index contributed by atoms with van der Waals surface area (Å²) < 4.78 is 17.6. The van der Waals surface area contributed by atoms with Crippen LogP contribution in [0.3, 0.4) is 0 Å². The highest BCUT2D eigenvalue weighted by atomic mass is 35.5. The van der Waals surface area contributed by atoms with Gasteiger partial charge in [0.15, 0.2) is 18.1 Å². The van der Waals surface area contributed by atoms with Crippen LogP contribution in [0.1, 0.15) is 26.4 Å². The van der Waals surface area contributed by atoms with Gasteiger partial charge in [0.1, 0.15) is 12.3 Å². The molecule has 0 aliphatic rings. The molecule has 0 saturated carbocycles. The zero-order valence-electron chi connectivity index (χ0n) is 17.5. The minimum Gasteiger partial charge on any atom is -0.493 e. The van der Waals surface area contributed by atoms with Crippen molar-refractivity contribution in [1.29, 1.82) is 0 Å². The molecule has 166 valence electrons. The SMILES string of the molecule is COc1cc(C(=O)OCC(=O)NC(=O)c2cccn2C)ccc1OCc1ccccc1Cl. The lowest BCUT2D eigenvalue weighted by Gasteiger charge is -2.13. The largest absolute Gasteiger partial charge is 0.493 e. The van der Waals surface area contributed by atoms with Crippen LogP contribution in [0.15, 0.2) is 60.8 Å². The number of hydrogen-bond donors (Lipinski definition) is 1. The number of hydrogen-bond acceptors (Lipinski definition) is 6. The first-order chi connectivity index (χ1) is 15.4. The van der Waals surface area contributed by atoms with Gasteiger partial charge < -0.3 is 18.8 Å². The van der Waals surface area contributed by atoms with Crippen LogP contribution in [-0.4, -0.2) is 36.1 Å². The Morgan fingerprint density at radius 3 is 2.50 bits per heavy atom. The number of halogens is 1. The van der Waals surface area contributed by atoms with Crippen LogP contribution < -0.4 is 14.8 Å². The fraction of sp³-hybridized carbons (Fsp3) is 0.174. The average Bonchev–Trinajstić information content (AvgIpc) is 3.22. The number of ether oxygens (including phenoxy) is 3. The number of esters is 1. The number of rotatable bonds is 8. The van der Waals surface area contributed by atoms with Gasteiger partial charge in [-0.05, 0) is 36.4 Å². The lowest BCUT2D eigenvalue weighted by Crippen LogP contribution is -2.35. The van der Waals surface area contributed by atoms with Crippen molar-refractivity contribution in [3.8, 4) is 11.5 Å². The number of carbonyl (C=O) groups excluding carboxylic acids is 3. The van der Waals surface area contributed by atoms with Gasteiger partial charge in [-0.1, -0.05) is 29.8 Å². The fourth-order valence-corrected chi connectivity index (χ4v) is 3.01. The van der Waals surface area contributed by atoms with Gasteiger partial charge in [-0.3, -0.25) is 14.9 Å². The van der Waals surface area contributed by atoms with Crippen molar-refractivity contribution >= 4 is 29.4 Å². The first kappa shape index (κ1) is 22.9. The van der Waals surface area contributed by atoms with Crippen molar-refractivity contribution in [3.63, 3.8) is 0 Å². The second-order valence-electron chi connectivity index (χ2n) is 6.70. The second-order valence-corrected chi connectivity index (χ2v) is 7.11. The topological polar surface area (TPSA) is 95.9 Å².